The number of carbonyl (C=O) groups excluding carboxylic acids is 1. The molecule has 1 aromatic rings. The fourth-order valence-corrected chi connectivity index (χ4v) is 2.44. The highest BCUT2D eigenvalue weighted by Crippen LogP contribution is 2.23. The van der Waals surface area contributed by atoms with Gasteiger partial charge in [0.2, 0.25) is 0 Å². The van der Waals surface area contributed by atoms with Crippen LogP contribution in [0.5, 0.6) is 0 Å². The Labute approximate surface area is 122 Å². The largest absolute Gasteiger partial charge is 0.481 e. The number of hydrogen-bond acceptors (Lipinski definition) is 3. The number of thiocarbonyl (C=S) groups is 1. The first-order valence-corrected chi connectivity index (χ1v) is 6.74. The van der Waals surface area contributed by atoms with E-state index in [0.717, 1.165) is 11.1 Å². The Bertz CT molecular complexity index is 586. The number of anilines is 1. The molecule has 0 aromatic heterocycles. The van der Waals surface area contributed by atoms with Crippen LogP contribution in [-0.4, -0.2) is 28.1 Å². The molecule has 0 bridgehead atoms. The predicted octanol–water partition coefficient (Wildman–Crippen LogP) is 1.76. The van der Waals surface area contributed by atoms with Crippen LogP contribution in [0.3, 0.4) is 0 Å². The third-order valence-corrected chi connectivity index (χ3v) is 3.72. The van der Waals surface area contributed by atoms with Crippen LogP contribution in [0.15, 0.2) is 18.2 Å². The second kappa shape index (κ2) is 5.58. The molecule has 20 heavy (non-hydrogen) atoms. The molecule has 2 rings (SSSR count). The average Bonchev–Trinajstić information content (AvgIpc) is 2.65. The van der Waals surface area contributed by atoms with Gasteiger partial charge in [-0.1, -0.05) is 6.07 Å². The summed E-state index contributed by atoms with van der Waals surface area (Å²) >= 11 is 5.18. The maximum Gasteiger partial charge on any atom is 0.303 e. The molecule has 1 heterocycles. The summed E-state index contributed by atoms with van der Waals surface area (Å²) in [5, 5.41) is 11.9. The molecule has 1 amide bonds. The van der Waals surface area contributed by atoms with Crippen molar-refractivity contribution >= 4 is 34.9 Å². The van der Waals surface area contributed by atoms with Gasteiger partial charge >= 0.3 is 5.97 Å². The molecule has 0 radical (unpaired) electrons. The average molecular weight is 292 g/mol. The number of hydrogen-bond donors (Lipinski definition) is 2. The predicted molar refractivity (Wildman–Crippen MR) is 79.8 cm³/mol. The third kappa shape index (κ3) is 2.80. The minimum atomic E-state index is -0.921. The molecule has 6 heteroatoms. The SMILES string of the molecule is Cc1ccc(N2C(=O)C(CCC(=O)O)NC2=S)cc1C. The van der Waals surface area contributed by atoms with E-state index in [9.17, 15) is 9.59 Å². The summed E-state index contributed by atoms with van der Waals surface area (Å²) in [6, 6.07) is 5.12. The molecule has 5 nitrogen and oxygen atoms in total. The number of benzene rings is 1. The van der Waals surface area contributed by atoms with Gasteiger partial charge in [0.25, 0.3) is 5.91 Å². The highest BCUT2D eigenvalue weighted by atomic mass is 32.1. The van der Waals surface area contributed by atoms with Crippen LogP contribution in [0.1, 0.15) is 24.0 Å². The van der Waals surface area contributed by atoms with Crippen LogP contribution in [0.4, 0.5) is 5.69 Å². The van der Waals surface area contributed by atoms with Gasteiger partial charge in [-0.25, -0.2) is 0 Å². The number of carboxylic acid groups (broad SMARTS) is 1. The summed E-state index contributed by atoms with van der Waals surface area (Å²) in [6.45, 7) is 3.97. The Hall–Kier alpha value is -1.95. The van der Waals surface area contributed by atoms with Crippen molar-refractivity contribution in [2.24, 2.45) is 0 Å². The lowest BCUT2D eigenvalue weighted by molar-refractivity contribution is -0.137. The van der Waals surface area contributed by atoms with Crippen molar-refractivity contribution in [2.45, 2.75) is 32.7 Å². The van der Waals surface area contributed by atoms with E-state index in [2.05, 4.69) is 5.32 Å². The standard InChI is InChI=1S/C14H16N2O3S/c1-8-3-4-10(7-9(8)2)16-13(19)11(15-14(16)20)5-6-12(17)18/h3-4,7,11H,5-6H2,1-2H3,(H,15,20)(H,17,18). The molecule has 1 atom stereocenters. The molecule has 0 saturated carbocycles. The van der Waals surface area contributed by atoms with E-state index < -0.39 is 12.0 Å². The van der Waals surface area contributed by atoms with Crippen LogP contribution >= 0.6 is 12.2 Å². The van der Waals surface area contributed by atoms with Crippen molar-refractivity contribution < 1.29 is 14.7 Å². The van der Waals surface area contributed by atoms with E-state index in [4.69, 9.17) is 17.3 Å². The lowest BCUT2D eigenvalue weighted by Gasteiger charge is -2.16. The van der Waals surface area contributed by atoms with Crippen molar-refractivity contribution in [2.75, 3.05) is 4.90 Å². The first-order valence-electron chi connectivity index (χ1n) is 6.33. The van der Waals surface area contributed by atoms with Crippen LogP contribution in [0.25, 0.3) is 0 Å². The van der Waals surface area contributed by atoms with E-state index in [1.54, 1.807) is 0 Å². The van der Waals surface area contributed by atoms with Gasteiger partial charge in [-0.3, -0.25) is 14.5 Å². The molecule has 0 aliphatic carbocycles. The summed E-state index contributed by atoms with van der Waals surface area (Å²) in [6.07, 6.45) is 0.169. The summed E-state index contributed by atoms with van der Waals surface area (Å²) in [5.74, 6) is -1.12. The fraction of sp³-hybridized carbons (Fsp3) is 0.357. The van der Waals surface area contributed by atoms with Gasteiger partial charge in [0.15, 0.2) is 5.11 Å². The van der Waals surface area contributed by atoms with Gasteiger partial charge < -0.3 is 10.4 Å². The highest BCUT2D eigenvalue weighted by molar-refractivity contribution is 7.80. The van der Waals surface area contributed by atoms with Gasteiger partial charge in [-0.2, -0.15) is 0 Å². The van der Waals surface area contributed by atoms with Gasteiger partial charge in [0.1, 0.15) is 6.04 Å². The third-order valence-electron chi connectivity index (χ3n) is 3.41. The van der Waals surface area contributed by atoms with Crippen LogP contribution in [-0.2, 0) is 9.59 Å². The van der Waals surface area contributed by atoms with Gasteiger partial charge in [0.05, 0.1) is 5.69 Å². The number of nitrogens with zero attached hydrogens (tertiary/aromatic N) is 1. The summed E-state index contributed by atoms with van der Waals surface area (Å²) in [7, 11) is 0. The van der Waals surface area contributed by atoms with E-state index in [0.29, 0.717) is 10.8 Å². The minimum Gasteiger partial charge on any atom is -0.481 e. The first-order chi connectivity index (χ1) is 9.40. The second-order valence-electron chi connectivity index (χ2n) is 4.88. The van der Waals surface area contributed by atoms with Crippen LogP contribution < -0.4 is 10.2 Å². The van der Waals surface area contributed by atoms with Crippen molar-refractivity contribution in [1.82, 2.24) is 5.32 Å². The number of aryl methyl sites for hydroxylation is 2. The van der Waals surface area contributed by atoms with Gasteiger partial charge in [-0.05, 0) is 55.7 Å². The zero-order chi connectivity index (χ0) is 14.9. The Balaban J connectivity index is 2.20. The zero-order valence-corrected chi connectivity index (χ0v) is 12.2. The number of amides is 1. The molecule has 1 aromatic carbocycles. The Kier molecular flexibility index (Phi) is 4.04. The van der Waals surface area contributed by atoms with E-state index in [-0.39, 0.29) is 18.7 Å². The lowest BCUT2D eigenvalue weighted by atomic mass is 10.1. The first kappa shape index (κ1) is 14.5. The normalized spacial score (nSPS) is 18.3. The van der Waals surface area contributed by atoms with E-state index in [1.165, 1.54) is 4.90 Å². The summed E-state index contributed by atoms with van der Waals surface area (Å²) in [5.41, 5.74) is 2.93. The molecule has 1 aliphatic heterocycles. The van der Waals surface area contributed by atoms with Crippen LogP contribution in [0, 0.1) is 13.8 Å². The molecular formula is C14H16N2O3S. The second-order valence-corrected chi connectivity index (χ2v) is 5.26. The molecule has 1 saturated heterocycles. The molecule has 1 unspecified atom stereocenters. The smallest absolute Gasteiger partial charge is 0.303 e. The van der Waals surface area contributed by atoms with Gasteiger partial charge in [0, 0.05) is 6.42 Å². The lowest BCUT2D eigenvalue weighted by Crippen LogP contribution is -2.31. The molecule has 0 spiro atoms. The molecule has 1 aliphatic rings. The van der Waals surface area contributed by atoms with Gasteiger partial charge in [-0.15, -0.1) is 0 Å². The number of aliphatic carboxylic acids is 1. The topological polar surface area (TPSA) is 69.6 Å². The number of carboxylic acids is 1. The summed E-state index contributed by atoms with van der Waals surface area (Å²) in [4.78, 5) is 24.3. The molecule has 1 fully saturated rings. The van der Waals surface area contributed by atoms with Crippen LogP contribution in [0.2, 0.25) is 0 Å². The van der Waals surface area contributed by atoms with Crippen molar-refractivity contribution in [3.8, 4) is 0 Å². The number of nitrogens with one attached hydrogen (secondary N) is 1. The Morgan fingerprint density at radius 3 is 2.70 bits per heavy atom. The van der Waals surface area contributed by atoms with E-state index in [1.807, 2.05) is 32.0 Å². The zero-order valence-electron chi connectivity index (χ0n) is 11.3. The minimum absolute atomic E-state index is 0.0627. The van der Waals surface area contributed by atoms with Crippen molar-refractivity contribution in [3.63, 3.8) is 0 Å². The molecule has 106 valence electrons. The van der Waals surface area contributed by atoms with E-state index >= 15 is 0 Å². The molecular weight excluding hydrogens is 276 g/mol. The maximum atomic E-state index is 12.3. The number of carbonyl (C=O) groups is 2. The Morgan fingerprint density at radius 2 is 2.10 bits per heavy atom. The molecule has 2 N–H and O–H groups in total. The Morgan fingerprint density at radius 1 is 1.40 bits per heavy atom. The van der Waals surface area contributed by atoms with Crippen molar-refractivity contribution in [1.29, 1.82) is 0 Å². The quantitative estimate of drug-likeness (QED) is 0.828. The maximum absolute atomic E-state index is 12.3. The summed E-state index contributed by atoms with van der Waals surface area (Å²) < 4.78 is 0. The monoisotopic (exact) mass is 292 g/mol. The van der Waals surface area contributed by atoms with Crippen molar-refractivity contribution in [3.05, 3.63) is 29.3 Å². The number of rotatable bonds is 4. The highest BCUT2D eigenvalue weighted by Gasteiger charge is 2.36. The fourth-order valence-electron chi connectivity index (χ4n) is 2.10.